The average Bonchev–Trinajstić information content (AvgIpc) is 3.20. The third-order valence-corrected chi connectivity index (χ3v) is 12.5. The lowest BCUT2D eigenvalue weighted by Crippen LogP contribution is -2.49. The van der Waals surface area contributed by atoms with E-state index in [1.807, 2.05) is 12.1 Å². The molecule has 1 aromatic carbocycles. The van der Waals surface area contributed by atoms with E-state index < -0.39 is 20.3 Å². The minimum atomic E-state index is -2.15. The van der Waals surface area contributed by atoms with Crippen LogP contribution in [0.15, 0.2) is 24.4 Å². The number of ether oxygens (including phenoxy) is 2. The van der Waals surface area contributed by atoms with Crippen molar-refractivity contribution in [2.45, 2.75) is 70.4 Å². The molecule has 1 unspecified atom stereocenters. The smallest absolute Gasteiger partial charge is 0.330 e. The van der Waals surface area contributed by atoms with Gasteiger partial charge in [0.25, 0.3) is 5.91 Å². The van der Waals surface area contributed by atoms with E-state index in [0.29, 0.717) is 47.6 Å². The second-order valence-corrected chi connectivity index (χ2v) is 16.6. The van der Waals surface area contributed by atoms with E-state index in [9.17, 15) is 9.59 Å². The van der Waals surface area contributed by atoms with Gasteiger partial charge in [-0.05, 0) is 42.6 Å². The van der Waals surface area contributed by atoms with Gasteiger partial charge < -0.3 is 24.1 Å². The SMILES string of the molecule is COC(=O)C(CO[Si](C)(C)C(C)(C)C)N1Cc2ccc(-c3nc(NC4CCOCC4)ncc3Cl)cc2C1=O. The van der Waals surface area contributed by atoms with Crippen LogP contribution in [-0.2, 0) is 25.2 Å². The second-order valence-electron chi connectivity index (χ2n) is 11.3. The molecule has 0 aliphatic carbocycles. The molecule has 2 aromatic rings. The van der Waals surface area contributed by atoms with Gasteiger partial charge in [-0.25, -0.2) is 14.8 Å². The highest BCUT2D eigenvalue weighted by Crippen LogP contribution is 2.37. The lowest BCUT2D eigenvalue weighted by Gasteiger charge is -2.38. The summed E-state index contributed by atoms with van der Waals surface area (Å²) in [4.78, 5) is 36.9. The molecule has 9 nitrogen and oxygen atoms in total. The van der Waals surface area contributed by atoms with Crippen molar-refractivity contribution >= 4 is 37.7 Å². The molecule has 38 heavy (non-hydrogen) atoms. The number of carbonyl (C=O) groups is 2. The fourth-order valence-electron chi connectivity index (χ4n) is 4.31. The molecule has 2 aliphatic rings. The first-order valence-corrected chi connectivity index (χ1v) is 16.2. The van der Waals surface area contributed by atoms with Gasteiger partial charge in [-0.2, -0.15) is 0 Å². The van der Waals surface area contributed by atoms with Crippen LogP contribution in [0, 0.1) is 0 Å². The number of carbonyl (C=O) groups excluding carboxylic acids is 2. The number of esters is 1. The van der Waals surface area contributed by atoms with E-state index in [-0.39, 0.29) is 23.6 Å². The Balaban J connectivity index is 1.56. The molecule has 3 heterocycles. The molecule has 0 saturated carbocycles. The molecular formula is C27H37ClN4O5Si. The molecule has 1 amide bonds. The molecule has 1 saturated heterocycles. The van der Waals surface area contributed by atoms with Crippen molar-refractivity contribution in [3.05, 3.63) is 40.5 Å². The maximum absolute atomic E-state index is 13.6. The summed E-state index contributed by atoms with van der Waals surface area (Å²) in [5, 5.41) is 3.72. The number of amides is 1. The number of nitrogens with zero attached hydrogens (tertiary/aromatic N) is 3. The third kappa shape index (κ3) is 6.03. The van der Waals surface area contributed by atoms with Crippen molar-refractivity contribution in [2.75, 3.05) is 32.2 Å². The zero-order valence-corrected chi connectivity index (χ0v) is 24.7. The standard InChI is InChI=1S/C27H37ClN4O5Si/c1-27(2,3)38(5,6)37-16-22(25(34)35-4)32-15-18-8-7-17(13-20(18)24(32)33)23-21(28)14-29-26(31-23)30-19-9-11-36-12-10-19/h7-8,13-14,19,22H,9-12,15-16H2,1-6H3,(H,29,30,31). The first-order valence-electron chi connectivity index (χ1n) is 12.9. The minimum Gasteiger partial charge on any atom is -0.467 e. The van der Waals surface area contributed by atoms with Gasteiger partial charge in [-0.15, -0.1) is 0 Å². The quantitative estimate of drug-likeness (QED) is 0.359. The average molecular weight is 561 g/mol. The van der Waals surface area contributed by atoms with Gasteiger partial charge in [0.15, 0.2) is 14.4 Å². The fraction of sp³-hybridized carbons (Fsp3) is 0.556. The highest BCUT2D eigenvalue weighted by Gasteiger charge is 2.42. The Morgan fingerprint density at radius 3 is 2.66 bits per heavy atom. The molecule has 1 N–H and O–H groups in total. The number of hydrogen-bond donors (Lipinski definition) is 1. The van der Waals surface area contributed by atoms with Gasteiger partial charge in [0, 0.05) is 36.9 Å². The Bertz CT molecular complexity index is 1200. The number of rotatable bonds is 8. The molecule has 2 aliphatic heterocycles. The highest BCUT2D eigenvalue weighted by molar-refractivity contribution is 6.74. The number of methoxy groups -OCH3 is 1. The predicted molar refractivity (Wildman–Crippen MR) is 149 cm³/mol. The fourth-order valence-corrected chi connectivity index (χ4v) is 5.52. The van der Waals surface area contributed by atoms with Crippen LogP contribution in [0.1, 0.15) is 49.5 Å². The van der Waals surface area contributed by atoms with E-state index in [0.717, 1.165) is 18.4 Å². The second kappa shape index (κ2) is 11.3. The zero-order chi connectivity index (χ0) is 27.7. The molecule has 1 fully saturated rings. The molecular weight excluding hydrogens is 524 g/mol. The topological polar surface area (TPSA) is 103 Å². The third-order valence-electron chi connectivity index (χ3n) is 7.77. The van der Waals surface area contributed by atoms with Crippen molar-refractivity contribution in [1.82, 2.24) is 14.9 Å². The van der Waals surface area contributed by atoms with Gasteiger partial charge >= 0.3 is 5.97 Å². The number of hydrogen-bond acceptors (Lipinski definition) is 8. The summed E-state index contributed by atoms with van der Waals surface area (Å²) < 4.78 is 16.8. The van der Waals surface area contributed by atoms with Crippen LogP contribution in [0.2, 0.25) is 23.2 Å². The Labute approximate surface area is 230 Å². The van der Waals surface area contributed by atoms with Gasteiger partial charge in [0.1, 0.15) is 0 Å². The van der Waals surface area contributed by atoms with Gasteiger partial charge in [0.05, 0.1) is 30.6 Å². The van der Waals surface area contributed by atoms with Crippen LogP contribution in [-0.4, -0.2) is 74.1 Å². The van der Waals surface area contributed by atoms with E-state index in [1.165, 1.54) is 12.0 Å². The largest absolute Gasteiger partial charge is 0.467 e. The molecule has 0 radical (unpaired) electrons. The van der Waals surface area contributed by atoms with Crippen molar-refractivity contribution in [3.63, 3.8) is 0 Å². The van der Waals surface area contributed by atoms with Crippen LogP contribution in [0.5, 0.6) is 0 Å². The minimum absolute atomic E-state index is 0.0319. The highest BCUT2D eigenvalue weighted by atomic mass is 35.5. The van der Waals surface area contributed by atoms with E-state index in [2.05, 4.69) is 49.1 Å². The molecule has 0 spiro atoms. The Kier molecular flexibility index (Phi) is 8.46. The first-order chi connectivity index (χ1) is 17.9. The van der Waals surface area contributed by atoms with Crippen LogP contribution in [0.3, 0.4) is 0 Å². The summed E-state index contributed by atoms with van der Waals surface area (Å²) in [6.07, 6.45) is 3.33. The number of halogens is 1. The normalized spacial score (nSPS) is 17.3. The lowest BCUT2D eigenvalue weighted by molar-refractivity contribution is -0.147. The lowest BCUT2D eigenvalue weighted by atomic mass is 10.0. The monoisotopic (exact) mass is 560 g/mol. The molecule has 0 bridgehead atoms. The molecule has 4 rings (SSSR count). The maximum atomic E-state index is 13.6. The molecule has 11 heteroatoms. The number of anilines is 1. The number of fused-ring (bicyclic) bond motifs is 1. The first kappa shape index (κ1) is 28.5. The van der Waals surface area contributed by atoms with Crippen molar-refractivity contribution < 1.29 is 23.5 Å². The van der Waals surface area contributed by atoms with Crippen LogP contribution < -0.4 is 5.32 Å². The molecule has 206 valence electrons. The van der Waals surface area contributed by atoms with E-state index >= 15 is 0 Å². The van der Waals surface area contributed by atoms with Crippen molar-refractivity contribution in [1.29, 1.82) is 0 Å². The Hall–Kier alpha value is -2.53. The molecule has 1 atom stereocenters. The van der Waals surface area contributed by atoms with Crippen LogP contribution >= 0.6 is 11.6 Å². The van der Waals surface area contributed by atoms with Gasteiger partial charge in [-0.3, -0.25) is 4.79 Å². The zero-order valence-electron chi connectivity index (χ0n) is 23.0. The summed E-state index contributed by atoms with van der Waals surface area (Å²) in [5.41, 5.74) is 2.58. The maximum Gasteiger partial charge on any atom is 0.330 e. The number of aromatic nitrogens is 2. The van der Waals surface area contributed by atoms with E-state index in [4.69, 9.17) is 25.5 Å². The van der Waals surface area contributed by atoms with Gasteiger partial charge in [0.2, 0.25) is 5.95 Å². The summed E-state index contributed by atoms with van der Waals surface area (Å²) in [7, 11) is -0.818. The van der Waals surface area contributed by atoms with Crippen LogP contribution in [0.4, 0.5) is 5.95 Å². The Morgan fingerprint density at radius 1 is 1.29 bits per heavy atom. The number of benzene rings is 1. The predicted octanol–water partition coefficient (Wildman–Crippen LogP) is 4.91. The van der Waals surface area contributed by atoms with Crippen molar-refractivity contribution in [2.24, 2.45) is 0 Å². The Morgan fingerprint density at radius 2 is 2.00 bits per heavy atom. The van der Waals surface area contributed by atoms with Gasteiger partial charge in [-0.1, -0.05) is 44.5 Å². The molecule has 1 aromatic heterocycles. The van der Waals surface area contributed by atoms with E-state index in [1.54, 1.807) is 12.3 Å². The summed E-state index contributed by atoms with van der Waals surface area (Å²) >= 11 is 6.48. The van der Waals surface area contributed by atoms with Crippen molar-refractivity contribution in [3.8, 4) is 11.3 Å². The summed E-state index contributed by atoms with van der Waals surface area (Å²) in [6, 6.07) is 4.96. The summed E-state index contributed by atoms with van der Waals surface area (Å²) in [5.74, 6) is -0.257. The van der Waals surface area contributed by atoms with Crippen LogP contribution in [0.25, 0.3) is 11.3 Å². The number of nitrogens with one attached hydrogen (secondary N) is 1. The summed E-state index contributed by atoms with van der Waals surface area (Å²) in [6.45, 7) is 12.4.